The van der Waals surface area contributed by atoms with E-state index in [1.807, 2.05) is 54.6 Å². The van der Waals surface area contributed by atoms with E-state index in [4.69, 9.17) is 10.7 Å². The highest BCUT2D eigenvalue weighted by molar-refractivity contribution is 7.20. The van der Waals surface area contributed by atoms with Gasteiger partial charge in [0.1, 0.15) is 0 Å². The highest BCUT2D eigenvalue weighted by Crippen LogP contribution is 2.37. The first-order valence-corrected chi connectivity index (χ1v) is 10.5. The second kappa shape index (κ2) is 6.71. The van der Waals surface area contributed by atoms with Crippen molar-refractivity contribution in [3.8, 4) is 10.6 Å². The molecule has 0 aliphatic rings. The Morgan fingerprint density at radius 3 is 2.65 bits per heavy atom. The SMILES string of the molecule is Cc1c(-c2ccnc3c(N=Nc4ccccc4)c(N)nn23)sc2nc3ccccc3n12. The molecule has 8 nitrogen and oxygen atoms in total. The minimum Gasteiger partial charge on any atom is -0.380 e. The van der Waals surface area contributed by atoms with Crippen LogP contribution in [0.3, 0.4) is 0 Å². The van der Waals surface area contributed by atoms with Crippen LogP contribution in [-0.4, -0.2) is 24.0 Å². The first-order valence-electron chi connectivity index (χ1n) is 9.67. The number of benzene rings is 2. The summed E-state index contributed by atoms with van der Waals surface area (Å²) < 4.78 is 3.90. The quantitative estimate of drug-likeness (QED) is 0.376. The Balaban J connectivity index is 1.53. The van der Waals surface area contributed by atoms with Gasteiger partial charge in [0.2, 0.25) is 0 Å². The molecule has 150 valence electrons. The van der Waals surface area contributed by atoms with Gasteiger partial charge in [-0.2, -0.15) is 5.11 Å². The molecule has 6 rings (SSSR count). The molecule has 0 aliphatic heterocycles. The number of rotatable bonds is 3. The van der Waals surface area contributed by atoms with Crippen LogP contribution in [0.4, 0.5) is 17.2 Å². The lowest BCUT2D eigenvalue weighted by molar-refractivity contribution is 0.953. The van der Waals surface area contributed by atoms with Gasteiger partial charge in [-0.15, -0.1) is 10.2 Å². The molecule has 0 aliphatic carbocycles. The van der Waals surface area contributed by atoms with Gasteiger partial charge in [0.15, 0.2) is 22.1 Å². The third-order valence-electron chi connectivity index (χ3n) is 5.16. The zero-order valence-corrected chi connectivity index (χ0v) is 17.3. The van der Waals surface area contributed by atoms with Gasteiger partial charge in [-0.25, -0.2) is 14.5 Å². The first kappa shape index (κ1) is 17.7. The molecule has 0 unspecified atom stereocenters. The Hall–Kier alpha value is -4.11. The molecule has 0 fully saturated rings. The van der Waals surface area contributed by atoms with E-state index in [0.29, 0.717) is 11.3 Å². The maximum Gasteiger partial charge on any atom is 0.195 e. The van der Waals surface area contributed by atoms with E-state index in [-0.39, 0.29) is 5.82 Å². The number of aryl methyl sites for hydroxylation is 1. The van der Waals surface area contributed by atoms with Crippen molar-refractivity contribution >= 4 is 50.2 Å². The molecule has 0 spiro atoms. The van der Waals surface area contributed by atoms with Crippen molar-refractivity contribution in [1.82, 2.24) is 24.0 Å². The molecular weight excluding hydrogens is 408 g/mol. The van der Waals surface area contributed by atoms with Crippen LogP contribution in [0, 0.1) is 6.92 Å². The van der Waals surface area contributed by atoms with E-state index < -0.39 is 0 Å². The lowest BCUT2D eigenvalue weighted by atomic mass is 10.2. The summed E-state index contributed by atoms with van der Waals surface area (Å²) in [5.74, 6) is 0.282. The number of nitrogens with zero attached hydrogens (tertiary/aromatic N) is 7. The number of nitrogens with two attached hydrogens (primary N) is 1. The van der Waals surface area contributed by atoms with Gasteiger partial charge in [-0.3, -0.25) is 4.40 Å². The van der Waals surface area contributed by atoms with Crippen LogP contribution < -0.4 is 5.73 Å². The number of para-hydroxylation sites is 2. The third kappa shape index (κ3) is 2.71. The lowest BCUT2D eigenvalue weighted by Crippen LogP contribution is -1.97. The topological polar surface area (TPSA) is 98.2 Å². The largest absolute Gasteiger partial charge is 0.380 e. The Kier molecular flexibility index (Phi) is 3.84. The molecule has 4 heterocycles. The molecule has 9 heteroatoms. The van der Waals surface area contributed by atoms with Crippen LogP contribution in [0.2, 0.25) is 0 Å². The molecule has 0 saturated carbocycles. The first-order chi connectivity index (χ1) is 15.2. The van der Waals surface area contributed by atoms with Crippen LogP contribution in [0.25, 0.3) is 32.2 Å². The van der Waals surface area contributed by atoms with E-state index in [0.717, 1.165) is 37.9 Å². The van der Waals surface area contributed by atoms with Crippen LogP contribution >= 0.6 is 11.3 Å². The summed E-state index contributed by atoms with van der Waals surface area (Å²) in [5.41, 5.74) is 12.0. The number of hydrogen-bond acceptors (Lipinski definition) is 7. The Labute approximate surface area is 180 Å². The van der Waals surface area contributed by atoms with Crippen molar-refractivity contribution in [2.45, 2.75) is 6.92 Å². The average Bonchev–Trinajstić information content (AvgIpc) is 3.42. The minimum atomic E-state index is 0.282. The molecule has 0 saturated heterocycles. The van der Waals surface area contributed by atoms with Crippen molar-refractivity contribution in [3.05, 3.63) is 72.6 Å². The zero-order valence-electron chi connectivity index (χ0n) is 16.5. The zero-order chi connectivity index (χ0) is 20.9. The van der Waals surface area contributed by atoms with Gasteiger partial charge in [-0.05, 0) is 37.3 Å². The summed E-state index contributed by atoms with van der Waals surface area (Å²) in [6.45, 7) is 2.09. The lowest BCUT2D eigenvalue weighted by Gasteiger charge is -2.03. The second-order valence-corrected chi connectivity index (χ2v) is 8.05. The molecule has 4 aromatic heterocycles. The molecule has 6 aromatic rings. The van der Waals surface area contributed by atoms with Crippen molar-refractivity contribution < 1.29 is 0 Å². The van der Waals surface area contributed by atoms with Gasteiger partial charge >= 0.3 is 0 Å². The summed E-state index contributed by atoms with van der Waals surface area (Å²) >= 11 is 1.61. The average molecular weight is 424 g/mol. The van der Waals surface area contributed by atoms with Gasteiger partial charge in [0, 0.05) is 11.9 Å². The maximum atomic E-state index is 6.19. The fourth-order valence-corrected chi connectivity index (χ4v) is 4.87. The smallest absolute Gasteiger partial charge is 0.195 e. The van der Waals surface area contributed by atoms with Crippen molar-refractivity contribution in [2.75, 3.05) is 5.73 Å². The fraction of sp³-hybridized carbons (Fsp3) is 0.0455. The normalized spacial score (nSPS) is 12.0. The molecule has 0 amide bonds. The van der Waals surface area contributed by atoms with Gasteiger partial charge in [0.25, 0.3) is 0 Å². The predicted octanol–water partition coefficient (Wildman–Crippen LogP) is 5.56. The maximum absolute atomic E-state index is 6.19. The van der Waals surface area contributed by atoms with Gasteiger partial charge in [0.05, 0.1) is 27.3 Å². The Morgan fingerprint density at radius 2 is 1.77 bits per heavy atom. The van der Waals surface area contributed by atoms with Crippen molar-refractivity contribution in [1.29, 1.82) is 0 Å². The molecule has 31 heavy (non-hydrogen) atoms. The van der Waals surface area contributed by atoms with Crippen LogP contribution in [0.5, 0.6) is 0 Å². The molecule has 0 atom stereocenters. The van der Waals surface area contributed by atoms with E-state index >= 15 is 0 Å². The number of nitrogen functional groups attached to an aromatic ring is 1. The van der Waals surface area contributed by atoms with Crippen LogP contribution in [-0.2, 0) is 0 Å². The number of anilines is 1. The summed E-state index contributed by atoms with van der Waals surface area (Å²) in [5, 5.41) is 13.1. The van der Waals surface area contributed by atoms with Gasteiger partial charge in [-0.1, -0.05) is 41.7 Å². The number of azo groups is 1. The third-order valence-corrected chi connectivity index (χ3v) is 6.33. The second-order valence-electron chi connectivity index (χ2n) is 7.07. The highest BCUT2D eigenvalue weighted by atomic mass is 32.1. The summed E-state index contributed by atoms with van der Waals surface area (Å²) in [4.78, 5) is 11.2. The molecular formula is C22H16N8S. The number of thiazole rings is 1. The standard InChI is InChI=1S/C22H16N8S/c1-13-19(31-22-25-15-9-5-6-10-16(15)29(13)22)17-11-12-24-21-18(20(23)28-30(17)21)27-26-14-7-3-2-4-8-14/h2-12H,1H3,(H2,23,28). The Bertz CT molecular complexity index is 1610. The van der Waals surface area contributed by atoms with Gasteiger partial charge < -0.3 is 5.73 Å². The molecule has 0 radical (unpaired) electrons. The summed E-state index contributed by atoms with van der Waals surface area (Å²) in [6.07, 6.45) is 1.74. The minimum absolute atomic E-state index is 0.282. The molecule has 2 aromatic carbocycles. The summed E-state index contributed by atoms with van der Waals surface area (Å²) in [6, 6.07) is 19.5. The number of fused-ring (bicyclic) bond motifs is 4. The van der Waals surface area contributed by atoms with E-state index in [1.54, 1.807) is 22.0 Å². The Morgan fingerprint density at radius 1 is 0.968 bits per heavy atom. The van der Waals surface area contributed by atoms with Crippen molar-refractivity contribution in [3.63, 3.8) is 0 Å². The predicted molar refractivity (Wildman–Crippen MR) is 122 cm³/mol. The fourth-order valence-electron chi connectivity index (χ4n) is 3.72. The highest BCUT2D eigenvalue weighted by Gasteiger charge is 2.20. The summed E-state index contributed by atoms with van der Waals surface area (Å²) in [7, 11) is 0. The molecule has 0 bridgehead atoms. The molecule has 2 N–H and O–H groups in total. The monoisotopic (exact) mass is 424 g/mol. The number of imidazole rings is 1. The van der Waals surface area contributed by atoms with Crippen molar-refractivity contribution in [2.24, 2.45) is 10.2 Å². The van der Waals surface area contributed by atoms with Crippen LogP contribution in [0.1, 0.15) is 5.69 Å². The van der Waals surface area contributed by atoms with E-state index in [1.165, 1.54) is 0 Å². The number of aromatic nitrogens is 5. The van der Waals surface area contributed by atoms with Crippen LogP contribution in [0.15, 0.2) is 77.1 Å². The van der Waals surface area contributed by atoms with E-state index in [9.17, 15) is 0 Å². The van der Waals surface area contributed by atoms with E-state index in [2.05, 4.69) is 37.7 Å². The number of hydrogen-bond donors (Lipinski definition) is 1.